The molecule has 1 saturated heterocycles. The molecule has 2 N–H and O–H groups in total. The fraction of sp³-hybridized carbons (Fsp3) is 0.692. The molecule has 1 aromatic heterocycles. The average Bonchev–Trinajstić information content (AvgIpc) is 2.70. The highest BCUT2D eigenvalue weighted by molar-refractivity contribution is 5.79. The number of carbonyl (C=O) groups is 1. The van der Waals surface area contributed by atoms with Crippen molar-refractivity contribution < 1.29 is 9.90 Å². The molecule has 0 bridgehead atoms. The lowest BCUT2D eigenvalue weighted by molar-refractivity contribution is -0.132. The summed E-state index contributed by atoms with van der Waals surface area (Å²) in [4.78, 5) is 14.1. The quantitative estimate of drug-likeness (QED) is 0.835. The number of aliphatic hydroxyl groups excluding tert-OH is 1. The second-order valence-electron chi connectivity index (χ2n) is 5.10. The van der Waals surface area contributed by atoms with E-state index in [1.807, 2.05) is 18.7 Å². The number of aromatic nitrogens is 2. The Morgan fingerprint density at radius 3 is 2.61 bits per heavy atom. The predicted molar refractivity (Wildman–Crippen MR) is 68.2 cm³/mol. The minimum absolute atomic E-state index is 0.166. The van der Waals surface area contributed by atoms with Gasteiger partial charge in [0, 0.05) is 31.0 Å². The first-order valence-corrected chi connectivity index (χ1v) is 6.51. The van der Waals surface area contributed by atoms with Crippen LogP contribution < -0.4 is 0 Å². The van der Waals surface area contributed by atoms with E-state index in [1.54, 1.807) is 0 Å². The summed E-state index contributed by atoms with van der Waals surface area (Å²) in [5.74, 6) is 0.533. The van der Waals surface area contributed by atoms with Crippen LogP contribution in [0.1, 0.15) is 29.8 Å². The SMILES string of the molecule is Cc1n[nH]c(C)c1CC(=O)N1CCC(CO)CC1. The normalized spacial score (nSPS) is 17.2. The molecule has 1 amide bonds. The fourth-order valence-corrected chi connectivity index (χ4v) is 2.46. The maximum absolute atomic E-state index is 12.2. The van der Waals surface area contributed by atoms with Crippen LogP contribution >= 0.6 is 0 Å². The van der Waals surface area contributed by atoms with Crippen LogP contribution in [0.4, 0.5) is 0 Å². The Hall–Kier alpha value is -1.36. The van der Waals surface area contributed by atoms with Crippen molar-refractivity contribution in [2.45, 2.75) is 33.1 Å². The molecule has 100 valence electrons. The van der Waals surface area contributed by atoms with Gasteiger partial charge >= 0.3 is 0 Å². The lowest BCUT2D eigenvalue weighted by Crippen LogP contribution is -2.40. The fourth-order valence-electron chi connectivity index (χ4n) is 2.46. The first-order chi connectivity index (χ1) is 8.61. The molecule has 0 saturated carbocycles. The molecule has 0 atom stereocenters. The van der Waals surface area contributed by atoms with Crippen molar-refractivity contribution in [3.63, 3.8) is 0 Å². The molecule has 18 heavy (non-hydrogen) atoms. The van der Waals surface area contributed by atoms with Crippen molar-refractivity contribution in [2.75, 3.05) is 19.7 Å². The third-order valence-corrected chi connectivity index (χ3v) is 3.83. The molecule has 5 nitrogen and oxygen atoms in total. The maximum Gasteiger partial charge on any atom is 0.227 e. The number of aliphatic hydroxyl groups is 1. The molecule has 0 radical (unpaired) electrons. The number of carbonyl (C=O) groups excluding carboxylic acids is 1. The monoisotopic (exact) mass is 251 g/mol. The summed E-state index contributed by atoms with van der Waals surface area (Å²) in [5.41, 5.74) is 2.90. The lowest BCUT2D eigenvalue weighted by Gasteiger charge is -2.31. The summed E-state index contributed by atoms with van der Waals surface area (Å²) in [5, 5.41) is 16.1. The zero-order chi connectivity index (χ0) is 13.1. The number of amides is 1. The van der Waals surface area contributed by atoms with E-state index >= 15 is 0 Å². The Kier molecular flexibility index (Phi) is 4.01. The van der Waals surface area contributed by atoms with Crippen LogP contribution in [0.5, 0.6) is 0 Å². The molecule has 2 heterocycles. The van der Waals surface area contributed by atoms with Gasteiger partial charge in [-0.05, 0) is 32.6 Å². The highest BCUT2D eigenvalue weighted by Gasteiger charge is 2.23. The van der Waals surface area contributed by atoms with E-state index in [1.165, 1.54) is 0 Å². The highest BCUT2D eigenvalue weighted by Crippen LogP contribution is 2.18. The molecule has 2 rings (SSSR count). The van der Waals surface area contributed by atoms with Gasteiger partial charge in [-0.15, -0.1) is 0 Å². The topological polar surface area (TPSA) is 69.2 Å². The molecule has 0 unspecified atom stereocenters. The van der Waals surface area contributed by atoms with Gasteiger partial charge in [-0.3, -0.25) is 9.89 Å². The number of likely N-dealkylation sites (tertiary alicyclic amines) is 1. The van der Waals surface area contributed by atoms with Gasteiger partial charge < -0.3 is 10.0 Å². The first kappa shape index (κ1) is 13.1. The van der Waals surface area contributed by atoms with Gasteiger partial charge in [-0.2, -0.15) is 5.10 Å². The number of H-pyrrole nitrogens is 1. The Morgan fingerprint density at radius 2 is 2.11 bits per heavy atom. The van der Waals surface area contributed by atoms with Crippen LogP contribution in [0.15, 0.2) is 0 Å². The second-order valence-corrected chi connectivity index (χ2v) is 5.10. The summed E-state index contributed by atoms with van der Waals surface area (Å²) in [6, 6.07) is 0. The minimum Gasteiger partial charge on any atom is -0.396 e. The zero-order valence-corrected chi connectivity index (χ0v) is 11.1. The Bertz CT molecular complexity index is 400. The molecule has 1 aliphatic heterocycles. The van der Waals surface area contributed by atoms with Crippen molar-refractivity contribution >= 4 is 5.91 Å². The number of hydrogen-bond acceptors (Lipinski definition) is 3. The summed E-state index contributed by atoms with van der Waals surface area (Å²) < 4.78 is 0. The number of piperidine rings is 1. The smallest absolute Gasteiger partial charge is 0.227 e. The molecule has 1 aromatic rings. The van der Waals surface area contributed by atoms with Crippen molar-refractivity contribution in [1.29, 1.82) is 0 Å². The molecule has 0 aliphatic carbocycles. The molecule has 0 spiro atoms. The van der Waals surface area contributed by atoms with E-state index < -0.39 is 0 Å². The van der Waals surface area contributed by atoms with Gasteiger partial charge in [-0.1, -0.05) is 0 Å². The largest absolute Gasteiger partial charge is 0.396 e. The van der Waals surface area contributed by atoms with Crippen molar-refractivity contribution in [1.82, 2.24) is 15.1 Å². The molecule has 1 aliphatic rings. The van der Waals surface area contributed by atoms with Gasteiger partial charge in [0.25, 0.3) is 0 Å². The van der Waals surface area contributed by atoms with E-state index in [0.717, 1.165) is 42.9 Å². The van der Waals surface area contributed by atoms with Gasteiger partial charge in [0.2, 0.25) is 5.91 Å². The minimum atomic E-state index is 0.166. The van der Waals surface area contributed by atoms with Crippen LogP contribution in [0.25, 0.3) is 0 Å². The number of aryl methyl sites for hydroxylation is 2. The summed E-state index contributed by atoms with van der Waals surface area (Å²) in [6.07, 6.45) is 2.25. The van der Waals surface area contributed by atoms with E-state index in [4.69, 9.17) is 5.11 Å². The molecular formula is C13H21N3O2. The van der Waals surface area contributed by atoms with E-state index in [-0.39, 0.29) is 12.5 Å². The van der Waals surface area contributed by atoms with Gasteiger partial charge in [0.15, 0.2) is 0 Å². The zero-order valence-electron chi connectivity index (χ0n) is 11.1. The van der Waals surface area contributed by atoms with Gasteiger partial charge in [-0.25, -0.2) is 0 Å². The van der Waals surface area contributed by atoms with Crippen LogP contribution in [0.3, 0.4) is 0 Å². The number of nitrogens with one attached hydrogen (secondary N) is 1. The Morgan fingerprint density at radius 1 is 1.44 bits per heavy atom. The number of nitrogens with zero attached hydrogens (tertiary/aromatic N) is 2. The van der Waals surface area contributed by atoms with Crippen molar-refractivity contribution in [3.8, 4) is 0 Å². The van der Waals surface area contributed by atoms with Crippen molar-refractivity contribution in [2.24, 2.45) is 5.92 Å². The van der Waals surface area contributed by atoms with Crippen LogP contribution in [0, 0.1) is 19.8 Å². The lowest BCUT2D eigenvalue weighted by atomic mass is 9.97. The van der Waals surface area contributed by atoms with E-state index in [2.05, 4.69) is 10.2 Å². The first-order valence-electron chi connectivity index (χ1n) is 6.51. The molecule has 1 fully saturated rings. The maximum atomic E-state index is 12.2. The summed E-state index contributed by atoms with van der Waals surface area (Å²) >= 11 is 0. The summed E-state index contributed by atoms with van der Waals surface area (Å²) in [6.45, 7) is 5.63. The van der Waals surface area contributed by atoms with Gasteiger partial charge in [0.1, 0.15) is 0 Å². The predicted octanol–water partition coefficient (Wildman–Crippen LogP) is 0.800. The third-order valence-electron chi connectivity index (χ3n) is 3.83. The Labute approximate surface area is 107 Å². The molecule has 0 aromatic carbocycles. The molecular weight excluding hydrogens is 230 g/mol. The van der Waals surface area contributed by atoms with Gasteiger partial charge in [0.05, 0.1) is 12.1 Å². The summed E-state index contributed by atoms with van der Waals surface area (Å²) in [7, 11) is 0. The van der Waals surface area contributed by atoms with Crippen LogP contribution in [-0.2, 0) is 11.2 Å². The number of rotatable bonds is 3. The standard InChI is InChI=1S/C13H21N3O2/c1-9-12(10(2)15-14-9)7-13(18)16-5-3-11(8-17)4-6-16/h11,17H,3-8H2,1-2H3,(H,14,15). The van der Waals surface area contributed by atoms with Crippen molar-refractivity contribution in [3.05, 3.63) is 17.0 Å². The van der Waals surface area contributed by atoms with E-state index in [9.17, 15) is 4.79 Å². The molecule has 5 heteroatoms. The Balaban J connectivity index is 1.93. The second kappa shape index (κ2) is 5.52. The number of hydrogen-bond donors (Lipinski definition) is 2. The third kappa shape index (κ3) is 2.72. The van der Waals surface area contributed by atoms with Crippen LogP contribution in [0.2, 0.25) is 0 Å². The van der Waals surface area contributed by atoms with Crippen LogP contribution in [-0.4, -0.2) is 45.8 Å². The highest BCUT2D eigenvalue weighted by atomic mass is 16.3. The number of aromatic amines is 1. The average molecular weight is 251 g/mol. The van der Waals surface area contributed by atoms with E-state index in [0.29, 0.717) is 12.3 Å².